The molecule has 3 rings (SSSR count). The fourth-order valence-corrected chi connectivity index (χ4v) is 5.32. The van der Waals surface area contributed by atoms with E-state index in [9.17, 15) is 13.2 Å². The Morgan fingerprint density at radius 2 is 1.83 bits per heavy atom. The van der Waals surface area contributed by atoms with E-state index in [1.807, 2.05) is 30.3 Å². The van der Waals surface area contributed by atoms with Gasteiger partial charge in [0.2, 0.25) is 10.0 Å². The lowest BCUT2D eigenvalue weighted by Gasteiger charge is -2.44. The van der Waals surface area contributed by atoms with E-state index in [1.165, 1.54) is 6.26 Å². The molecule has 1 spiro atoms. The average molecular weight is 352 g/mol. The third-order valence-corrected chi connectivity index (χ3v) is 6.32. The molecule has 0 aliphatic carbocycles. The van der Waals surface area contributed by atoms with E-state index in [0.29, 0.717) is 25.4 Å². The van der Waals surface area contributed by atoms with E-state index >= 15 is 0 Å². The van der Waals surface area contributed by atoms with Gasteiger partial charge >= 0.3 is 0 Å². The summed E-state index contributed by atoms with van der Waals surface area (Å²) in [5.41, 5.74) is -0.422. The van der Waals surface area contributed by atoms with E-state index in [4.69, 9.17) is 4.74 Å². The Hall–Kier alpha value is -1.60. The maximum absolute atomic E-state index is 12.5. The van der Waals surface area contributed by atoms with Crippen molar-refractivity contribution in [1.29, 1.82) is 0 Å². The molecule has 2 saturated heterocycles. The summed E-state index contributed by atoms with van der Waals surface area (Å²) in [6, 6.07) is 9.24. The Morgan fingerprint density at radius 3 is 2.50 bits per heavy atom. The van der Waals surface area contributed by atoms with E-state index in [2.05, 4.69) is 0 Å². The van der Waals surface area contributed by atoms with Gasteiger partial charge in [0.1, 0.15) is 5.75 Å². The third kappa shape index (κ3) is 3.57. The fraction of sp³-hybridized carbons (Fsp3) is 0.588. The monoisotopic (exact) mass is 352 g/mol. The van der Waals surface area contributed by atoms with Crippen LogP contribution in [0.25, 0.3) is 0 Å². The SMILES string of the molecule is CS(=O)(=O)N1CCC[C@]12CCCN(C(=O)COc1ccccc1)C2. The van der Waals surface area contributed by atoms with Crippen LogP contribution in [0.2, 0.25) is 0 Å². The van der Waals surface area contributed by atoms with Crippen molar-refractivity contribution in [3.63, 3.8) is 0 Å². The lowest BCUT2D eigenvalue weighted by molar-refractivity contribution is -0.136. The molecule has 0 bridgehead atoms. The number of ether oxygens (including phenoxy) is 1. The molecule has 0 unspecified atom stereocenters. The number of benzene rings is 1. The summed E-state index contributed by atoms with van der Waals surface area (Å²) in [5.74, 6) is 0.578. The van der Waals surface area contributed by atoms with Crippen molar-refractivity contribution in [2.24, 2.45) is 0 Å². The second-order valence-corrected chi connectivity index (χ2v) is 8.59. The summed E-state index contributed by atoms with van der Waals surface area (Å²) in [5, 5.41) is 0. The van der Waals surface area contributed by atoms with Gasteiger partial charge in [0, 0.05) is 19.6 Å². The molecule has 6 nitrogen and oxygen atoms in total. The Balaban J connectivity index is 1.66. The standard InChI is InChI=1S/C17H24N2O4S/c1-24(21,22)19-12-6-10-17(19)9-5-11-18(14-17)16(20)13-23-15-7-3-2-4-8-15/h2-4,7-8H,5-6,9-14H2,1H3/t17-/m0/s1. The van der Waals surface area contributed by atoms with Crippen LogP contribution in [0, 0.1) is 0 Å². The van der Waals surface area contributed by atoms with Crippen molar-refractivity contribution in [3.05, 3.63) is 30.3 Å². The predicted octanol–water partition coefficient (Wildman–Crippen LogP) is 1.48. The van der Waals surface area contributed by atoms with Crippen LogP contribution in [0.4, 0.5) is 0 Å². The molecule has 0 N–H and O–H groups in total. The summed E-state index contributed by atoms with van der Waals surface area (Å²) in [7, 11) is -3.25. The number of carbonyl (C=O) groups excluding carboxylic acids is 1. The lowest BCUT2D eigenvalue weighted by atomic mass is 9.87. The van der Waals surface area contributed by atoms with Crippen molar-refractivity contribution >= 4 is 15.9 Å². The fourth-order valence-electron chi connectivity index (χ4n) is 3.92. The van der Waals surface area contributed by atoms with E-state index in [0.717, 1.165) is 25.7 Å². The highest BCUT2D eigenvalue weighted by atomic mass is 32.2. The van der Waals surface area contributed by atoms with Crippen LogP contribution in [-0.2, 0) is 14.8 Å². The van der Waals surface area contributed by atoms with Gasteiger partial charge < -0.3 is 9.64 Å². The minimum atomic E-state index is -3.25. The molecule has 1 aromatic carbocycles. The van der Waals surface area contributed by atoms with E-state index in [-0.39, 0.29) is 12.5 Å². The summed E-state index contributed by atoms with van der Waals surface area (Å²) in [6.45, 7) is 1.67. The van der Waals surface area contributed by atoms with Crippen molar-refractivity contribution in [1.82, 2.24) is 9.21 Å². The summed E-state index contributed by atoms with van der Waals surface area (Å²) in [6.07, 6.45) is 4.59. The summed E-state index contributed by atoms with van der Waals surface area (Å²) in [4.78, 5) is 14.3. The summed E-state index contributed by atoms with van der Waals surface area (Å²) < 4.78 is 31.3. The molecule has 132 valence electrons. The van der Waals surface area contributed by atoms with Crippen LogP contribution in [0.15, 0.2) is 30.3 Å². The minimum Gasteiger partial charge on any atom is -0.484 e. The van der Waals surface area contributed by atoms with Gasteiger partial charge in [-0.15, -0.1) is 0 Å². The normalized spacial score (nSPS) is 25.1. The molecule has 24 heavy (non-hydrogen) atoms. The Kier molecular flexibility index (Phi) is 4.83. The number of likely N-dealkylation sites (tertiary alicyclic amines) is 1. The number of piperidine rings is 1. The van der Waals surface area contributed by atoms with E-state index in [1.54, 1.807) is 9.21 Å². The predicted molar refractivity (Wildman–Crippen MR) is 91.3 cm³/mol. The third-order valence-electron chi connectivity index (χ3n) is 4.95. The molecule has 0 saturated carbocycles. The quantitative estimate of drug-likeness (QED) is 0.823. The number of amides is 1. The van der Waals surface area contributed by atoms with Crippen LogP contribution in [0.3, 0.4) is 0 Å². The van der Waals surface area contributed by atoms with Gasteiger partial charge in [-0.05, 0) is 37.8 Å². The van der Waals surface area contributed by atoms with Crippen molar-refractivity contribution in [2.75, 3.05) is 32.5 Å². The van der Waals surface area contributed by atoms with Crippen molar-refractivity contribution in [2.45, 2.75) is 31.2 Å². The number of nitrogens with zero attached hydrogens (tertiary/aromatic N) is 2. The number of sulfonamides is 1. The first kappa shape index (κ1) is 17.2. The molecule has 2 aliphatic heterocycles. The molecule has 2 heterocycles. The molecule has 0 aromatic heterocycles. The zero-order valence-corrected chi connectivity index (χ0v) is 14.8. The van der Waals surface area contributed by atoms with Crippen LogP contribution in [-0.4, -0.2) is 61.6 Å². The van der Waals surface area contributed by atoms with Crippen LogP contribution in [0.1, 0.15) is 25.7 Å². The highest BCUT2D eigenvalue weighted by Crippen LogP contribution is 2.38. The molecule has 2 fully saturated rings. The molecular formula is C17H24N2O4S. The molecule has 1 aromatic rings. The largest absolute Gasteiger partial charge is 0.484 e. The lowest BCUT2D eigenvalue weighted by Crippen LogP contribution is -2.58. The van der Waals surface area contributed by atoms with Gasteiger partial charge in [-0.25, -0.2) is 8.42 Å². The second-order valence-electron chi connectivity index (χ2n) is 6.68. The zero-order valence-electron chi connectivity index (χ0n) is 14.0. The van der Waals surface area contributed by atoms with Gasteiger partial charge in [0.25, 0.3) is 5.91 Å². The summed E-state index contributed by atoms with van der Waals surface area (Å²) >= 11 is 0. The van der Waals surface area contributed by atoms with Gasteiger partial charge in [-0.3, -0.25) is 4.79 Å². The first-order valence-electron chi connectivity index (χ1n) is 8.34. The molecule has 2 aliphatic rings. The Bertz CT molecular complexity index is 692. The highest BCUT2D eigenvalue weighted by molar-refractivity contribution is 7.88. The van der Waals surface area contributed by atoms with Crippen LogP contribution >= 0.6 is 0 Å². The maximum atomic E-state index is 12.5. The molecule has 1 atom stereocenters. The Labute approximate surface area is 143 Å². The number of carbonyl (C=O) groups is 1. The number of hydrogen-bond acceptors (Lipinski definition) is 4. The number of rotatable bonds is 4. The second kappa shape index (κ2) is 6.72. The molecule has 7 heteroatoms. The van der Waals surface area contributed by atoms with Gasteiger partial charge in [-0.1, -0.05) is 18.2 Å². The van der Waals surface area contributed by atoms with Gasteiger partial charge in [-0.2, -0.15) is 4.31 Å². The van der Waals surface area contributed by atoms with Crippen molar-refractivity contribution < 1.29 is 17.9 Å². The zero-order chi connectivity index (χ0) is 17.2. The van der Waals surface area contributed by atoms with Crippen molar-refractivity contribution in [3.8, 4) is 5.75 Å². The molecule has 1 amide bonds. The maximum Gasteiger partial charge on any atom is 0.260 e. The van der Waals surface area contributed by atoms with Gasteiger partial charge in [0.05, 0.1) is 11.8 Å². The first-order valence-corrected chi connectivity index (χ1v) is 10.2. The van der Waals surface area contributed by atoms with Gasteiger partial charge in [0.15, 0.2) is 6.61 Å². The highest BCUT2D eigenvalue weighted by Gasteiger charge is 2.48. The number of para-hydroxylation sites is 1. The molecular weight excluding hydrogens is 328 g/mol. The van der Waals surface area contributed by atoms with Crippen LogP contribution < -0.4 is 4.74 Å². The van der Waals surface area contributed by atoms with E-state index < -0.39 is 15.6 Å². The van der Waals surface area contributed by atoms with Crippen LogP contribution in [0.5, 0.6) is 5.75 Å². The minimum absolute atomic E-state index is 0.0149. The first-order chi connectivity index (χ1) is 11.4. The molecule has 0 radical (unpaired) electrons. The average Bonchev–Trinajstić information content (AvgIpc) is 2.96. The smallest absolute Gasteiger partial charge is 0.260 e. The number of hydrogen-bond donors (Lipinski definition) is 0. The topological polar surface area (TPSA) is 66.9 Å². The Morgan fingerprint density at radius 1 is 1.17 bits per heavy atom.